The predicted octanol–water partition coefficient (Wildman–Crippen LogP) is 1.000. The van der Waals surface area contributed by atoms with Crippen molar-refractivity contribution in [3.05, 3.63) is 36.0 Å². The molecule has 16 heavy (non-hydrogen) atoms. The lowest BCUT2D eigenvalue weighted by Crippen LogP contribution is -2.13. The van der Waals surface area contributed by atoms with E-state index < -0.39 is 5.91 Å². The van der Waals surface area contributed by atoms with Gasteiger partial charge in [0.1, 0.15) is 17.4 Å². The number of nitrogens with one attached hydrogen (secondary N) is 1. The first-order valence-electron chi connectivity index (χ1n) is 4.48. The van der Waals surface area contributed by atoms with Gasteiger partial charge in [0.25, 0.3) is 5.91 Å². The number of benzene rings is 1. The van der Waals surface area contributed by atoms with Crippen LogP contribution in [0.5, 0.6) is 5.75 Å². The first-order chi connectivity index (χ1) is 7.67. The molecule has 1 aromatic carbocycles. The molecule has 0 fully saturated rings. The zero-order valence-corrected chi connectivity index (χ0v) is 8.73. The molecular weight excluding hydrogens is 206 g/mol. The normalized spacial score (nSPS) is 10.4. The summed E-state index contributed by atoms with van der Waals surface area (Å²) in [5.74, 6) is -0.0890. The molecule has 0 bridgehead atoms. The average molecular weight is 217 g/mol. The number of nitrogens with two attached hydrogens (primary N) is 1. The second-order valence-corrected chi connectivity index (χ2v) is 2.91. The van der Waals surface area contributed by atoms with Gasteiger partial charge in [0.05, 0.1) is 7.11 Å². The second-order valence-electron chi connectivity index (χ2n) is 2.91. The number of carbonyl (C=O) groups excluding carboxylic acids is 1. The smallest absolute Gasteiger partial charge is 0.260 e. The minimum atomic E-state index is -0.766. The molecule has 82 valence electrons. The SMILES string of the molecule is COc1cccc(N/C=C(\C#N)C(N)=O)c1. The number of primary amides is 1. The van der Waals surface area contributed by atoms with E-state index in [1.54, 1.807) is 37.4 Å². The van der Waals surface area contributed by atoms with Crippen molar-refractivity contribution >= 4 is 11.6 Å². The minimum Gasteiger partial charge on any atom is -0.497 e. The Labute approximate surface area is 93.1 Å². The van der Waals surface area contributed by atoms with Crippen molar-refractivity contribution < 1.29 is 9.53 Å². The van der Waals surface area contributed by atoms with Crippen molar-refractivity contribution in [2.24, 2.45) is 5.73 Å². The number of amides is 1. The van der Waals surface area contributed by atoms with E-state index in [4.69, 9.17) is 15.7 Å². The van der Waals surface area contributed by atoms with Gasteiger partial charge in [-0.15, -0.1) is 0 Å². The Hall–Kier alpha value is -2.48. The monoisotopic (exact) mass is 217 g/mol. The highest BCUT2D eigenvalue weighted by Crippen LogP contribution is 2.16. The fourth-order valence-corrected chi connectivity index (χ4v) is 1.03. The number of ether oxygens (including phenoxy) is 1. The van der Waals surface area contributed by atoms with Gasteiger partial charge < -0.3 is 15.8 Å². The molecule has 0 aliphatic heterocycles. The van der Waals surface area contributed by atoms with Crippen LogP contribution < -0.4 is 15.8 Å². The Morgan fingerprint density at radius 2 is 2.38 bits per heavy atom. The molecule has 1 amide bonds. The quantitative estimate of drug-likeness (QED) is 0.581. The molecule has 0 aromatic heterocycles. The van der Waals surface area contributed by atoms with Crippen LogP contribution in [0, 0.1) is 11.3 Å². The van der Waals surface area contributed by atoms with Crippen molar-refractivity contribution in [2.75, 3.05) is 12.4 Å². The third-order valence-corrected chi connectivity index (χ3v) is 1.84. The van der Waals surface area contributed by atoms with Crippen LogP contribution in [0.1, 0.15) is 0 Å². The molecule has 0 heterocycles. The molecule has 0 spiro atoms. The van der Waals surface area contributed by atoms with Gasteiger partial charge in [0.2, 0.25) is 0 Å². The van der Waals surface area contributed by atoms with E-state index in [0.717, 1.165) is 0 Å². The third kappa shape index (κ3) is 3.03. The summed E-state index contributed by atoms with van der Waals surface area (Å²) in [6.45, 7) is 0. The van der Waals surface area contributed by atoms with Crippen molar-refractivity contribution in [3.63, 3.8) is 0 Å². The second kappa shape index (κ2) is 5.41. The molecule has 0 aliphatic carbocycles. The lowest BCUT2D eigenvalue weighted by molar-refractivity contribution is -0.114. The first kappa shape index (κ1) is 11.6. The predicted molar refractivity (Wildman–Crippen MR) is 59.5 cm³/mol. The fraction of sp³-hybridized carbons (Fsp3) is 0.0909. The van der Waals surface area contributed by atoms with Crippen LogP contribution in [0.3, 0.4) is 0 Å². The number of nitriles is 1. The zero-order valence-electron chi connectivity index (χ0n) is 8.73. The van der Waals surface area contributed by atoms with Crippen molar-refractivity contribution in [2.45, 2.75) is 0 Å². The van der Waals surface area contributed by atoms with E-state index in [1.165, 1.54) is 6.20 Å². The van der Waals surface area contributed by atoms with Crippen molar-refractivity contribution in [3.8, 4) is 11.8 Å². The van der Waals surface area contributed by atoms with Gasteiger partial charge >= 0.3 is 0 Å². The molecule has 0 saturated carbocycles. The van der Waals surface area contributed by atoms with Gasteiger partial charge in [-0.05, 0) is 12.1 Å². The molecule has 5 heteroatoms. The van der Waals surface area contributed by atoms with Gasteiger partial charge in [-0.25, -0.2) is 0 Å². The van der Waals surface area contributed by atoms with E-state index in [0.29, 0.717) is 11.4 Å². The maximum atomic E-state index is 10.7. The highest BCUT2D eigenvalue weighted by atomic mass is 16.5. The Balaban J connectivity index is 2.81. The van der Waals surface area contributed by atoms with E-state index in [9.17, 15) is 4.79 Å². The highest BCUT2D eigenvalue weighted by molar-refractivity contribution is 5.96. The molecule has 5 nitrogen and oxygen atoms in total. The van der Waals surface area contributed by atoms with E-state index >= 15 is 0 Å². The zero-order chi connectivity index (χ0) is 12.0. The number of hydrogen-bond acceptors (Lipinski definition) is 4. The van der Waals surface area contributed by atoms with Gasteiger partial charge in [-0.1, -0.05) is 6.07 Å². The Morgan fingerprint density at radius 3 is 2.94 bits per heavy atom. The lowest BCUT2D eigenvalue weighted by atomic mass is 10.3. The summed E-state index contributed by atoms with van der Waals surface area (Å²) in [7, 11) is 1.55. The first-order valence-corrected chi connectivity index (χ1v) is 4.48. The van der Waals surface area contributed by atoms with Crippen LogP contribution in [-0.2, 0) is 4.79 Å². The van der Waals surface area contributed by atoms with Crippen LogP contribution in [0.4, 0.5) is 5.69 Å². The van der Waals surface area contributed by atoms with E-state index in [2.05, 4.69) is 5.32 Å². The minimum absolute atomic E-state index is 0.136. The van der Waals surface area contributed by atoms with Crippen molar-refractivity contribution in [1.82, 2.24) is 0 Å². The van der Waals surface area contributed by atoms with Crippen molar-refractivity contribution in [1.29, 1.82) is 5.26 Å². The molecular formula is C11H11N3O2. The molecule has 3 N–H and O–H groups in total. The maximum absolute atomic E-state index is 10.7. The molecule has 1 rings (SSSR count). The molecule has 0 atom stereocenters. The van der Waals surface area contributed by atoms with Crippen LogP contribution in [0.25, 0.3) is 0 Å². The van der Waals surface area contributed by atoms with Gasteiger partial charge in [0, 0.05) is 18.0 Å². The van der Waals surface area contributed by atoms with Gasteiger partial charge in [-0.2, -0.15) is 5.26 Å². The number of hydrogen-bond donors (Lipinski definition) is 2. The summed E-state index contributed by atoms with van der Waals surface area (Å²) >= 11 is 0. The fourth-order valence-electron chi connectivity index (χ4n) is 1.03. The van der Waals surface area contributed by atoms with Crippen LogP contribution in [0.15, 0.2) is 36.0 Å². The highest BCUT2D eigenvalue weighted by Gasteiger charge is 2.02. The molecule has 0 radical (unpaired) electrons. The van der Waals surface area contributed by atoms with Gasteiger partial charge in [-0.3, -0.25) is 4.79 Å². The third-order valence-electron chi connectivity index (χ3n) is 1.84. The van der Waals surface area contributed by atoms with Gasteiger partial charge in [0.15, 0.2) is 0 Å². The van der Waals surface area contributed by atoms with E-state index in [-0.39, 0.29) is 5.57 Å². The summed E-state index contributed by atoms with van der Waals surface area (Å²) in [6, 6.07) is 8.76. The summed E-state index contributed by atoms with van der Waals surface area (Å²) in [4.78, 5) is 10.7. The van der Waals surface area contributed by atoms with Crippen LogP contribution >= 0.6 is 0 Å². The Bertz CT molecular complexity index is 461. The number of carbonyl (C=O) groups is 1. The number of nitrogens with zero attached hydrogens (tertiary/aromatic N) is 1. The van der Waals surface area contributed by atoms with E-state index in [1.807, 2.05) is 0 Å². The molecule has 1 aromatic rings. The largest absolute Gasteiger partial charge is 0.497 e. The number of rotatable bonds is 4. The summed E-state index contributed by atoms with van der Waals surface area (Å²) in [6.07, 6.45) is 1.26. The van der Waals surface area contributed by atoms with Crippen LogP contribution in [0.2, 0.25) is 0 Å². The number of methoxy groups -OCH3 is 1. The summed E-state index contributed by atoms with van der Waals surface area (Å²) in [5, 5.41) is 11.4. The average Bonchev–Trinajstić information content (AvgIpc) is 2.29. The summed E-state index contributed by atoms with van der Waals surface area (Å²) in [5.41, 5.74) is 5.54. The van der Waals surface area contributed by atoms with Crippen LogP contribution in [-0.4, -0.2) is 13.0 Å². The summed E-state index contributed by atoms with van der Waals surface area (Å²) < 4.78 is 5.02. The Morgan fingerprint density at radius 1 is 1.62 bits per heavy atom. The maximum Gasteiger partial charge on any atom is 0.260 e. The standard InChI is InChI=1S/C11H11N3O2/c1-16-10-4-2-3-9(5-10)14-7-8(6-12)11(13)15/h2-5,7,14H,1H3,(H2,13,15)/b8-7+. The number of anilines is 1. The molecule has 0 saturated heterocycles. The lowest BCUT2D eigenvalue weighted by Gasteiger charge is -2.03. The Kier molecular flexibility index (Phi) is 3.92. The topological polar surface area (TPSA) is 88.1 Å². The molecule has 0 unspecified atom stereocenters. The molecule has 0 aliphatic rings.